The van der Waals surface area contributed by atoms with E-state index in [0.717, 1.165) is 22.5 Å². The average molecular weight is 341 g/mol. The minimum Gasteiger partial charge on any atom is -0.494 e. The van der Waals surface area contributed by atoms with E-state index in [9.17, 15) is 0 Å². The molecular weight excluding hydrogens is 326 g/mol. The Morgan fingerprint density at radius 1 is 1.21 bits per heavy atom. The first kappa shape index (κ1) is 14.2. The van der Waals surface area contributed by atoms with E-state index in [0.29, 0.717) is 11.6 Å². The number of halogens is 2. The van der Waals surface area contributed by atoms with Crippen LogP contribution in [0.15, 0.2) is 46.9 Å². The summed E-state index contributed by atoms with van der Waals surface area (Å²) in [6, 6.07) is 13.9. The van der Waals surface area contributed by atoms with Gasteiger partial charge >= 0.3 is 0 Å². The summed E-state index contributed by atoms with van der Waals surface area (Å²) < 4.78 is 6.37. The molecule has 0 aromatic heterocycles. The topological polar surface area (TPSA) is 21.3 Å². The summed E-state index contributed by atoms with van der Waals surface area (Å²) in [4.78, 5) is 0. The van der Waals surface area contributed by atoms with Gasteiger partial charge in [-0.3, -0.25) is 0 Å². The van der Waals surface area contributed by atoms with Crippen LogP contribution < -0.4 is 10.1 Å². The van der Waals surface area contributed by atoms with Gasteiger partial charge in [-0.15, -0.1) is 0 Å². The van der Waals surface area contributed by atoms with Gasteiger partial charge in [0.05, 0.1) is 11.6 Å². The van der Waals surface area contributed by atoms with Crippen LogP contribution in [0, 0.1) is 0 Å². The van der Waals surface area contributed by atoms with Crippen LogP contribution in [0.25, 0.3) is 0 Å². The fraction of sp³-hybridized carbons (Fsp3) is 0.200. The molecule has 2 aromatic rings. The molecule has 0 heterocycles. The lowest BCUT2D eigenvalue weighted by Gasteiger charge is -2.09. The second-order valence-electron chi connectivity index (χ2n) is 4.06. The van der Waals surface area contributed by atoms with Gasteiger partial charge in [0.2, 0.25) is 0 Å². The minimum atomic E-state index is 0.682. The van der Waals surface area contributed by atoms with Gasteiger partial charge in [-0.1, -0.05) is 23.7 Å². The first-order valence-corrected chi connectivity index (χ1v) is 7.27. The fourth-order valence-electron chi connectivity index (χ4n) is 1.72. The van der Waals surface area contributed by atoms with Crippen molar-refractivity contribution in [1.82, 2.24) is 0 Å². The van der Waals surface area contributed by atoms with E-state index in [4.69, 9.17) is 16.3 Å². The first-order chi connectivity index (χ1) is 9.19. The lowest BCUT2D eigenvalue weighted by Crippen LogP contribution is -2.00. The Labute approximate surface area is 126 Å². The first-order valence-electron chi connectivity index (χ1n) is 6.09. The molecule has 4 heteroatoms. The van der Waals surface area contributed by atoms with Gasteiger partial charge in [0.15, 0.2) is 0 Å². The molecule has 0 aliphatic heterocycles. The van der Waals surface area contributed by atoms with Crippen LogP contribution in [0.2, 0.25) is 5.02 Å². The predicted octanol–water partition coefficient (Wildman–Crippen LogP) is 5.11. The fourth-order valence-corrected chi connectivity index (χ4v) is 2.22. The van der Waals surface area contributed by atoms with Crippen molar-refractivity contribution >= 4 is 33.2 Å². The summed E-state index contributed by atoms with van der Waals surface area (Å²) in [7, 11) is 0. The van der Waals surface area contributed by atoms with E-state index >= 15 is 0 Å². The molecule has 0 radical (unpaired) electrons. The van der Waals surface area contributed by atoms with Crippen LogP contribution in [0.1, 0.15) is 12.5 Å². The molecule has 0 unspecified atom stereocenters. The molecule has 0 spiro atoms. The molecule has 2 nitrogen and oxygen atoms in total. The molecule has 2 rings (SSSR count). The lowest BCUT2D eigenvalue weighted by molar-refractivity contribution is 0.340. The van der Waals surface area contributed by atoms with E-state index in [-0.39, 0.29) is 0 Å². The SMILES string of the molecule is CCOc1cccc(CNc2ccc(Cl)c(Br)c2)c1. The third kappa shape index (κ3) is 4.15. The van der Waals surface area contributed by atoms with E-state index in [2.05, 4.69) is 27.3 Å². The van der Waals surface area contributed by atoms with Crippen molar-refractivity contribution in [3.05, 3.63) is 57.5 Å². The Bertz CT molecular complexity index is 560. The number of anilines is 1. The van der Waals surface area contributed by atoms with Crippen LogP contribution in [-0.2, 0) is 6.54 Å². The van der Waals surface area contributed by atoms with Crippen molar-refractivity contribution in [1.29, 1.82) is 0 Å². The third-order valence-electron chi connectivity index (χ3n) is 2.63. The monoisotopic (exact) mass is 339 g/mol. The van der Waals surface area contributed by atoms with Gasteiger partial charge in [-0.05, 0) is 58.7 Å². The molecule has 0 saturated carbocycles. The number of nitrogens with one attached hydrogen (secondary N) is 1. The Kier molecular flexibility index (Phi) is 5.11. The van der Waals surface area contributed by atoms with Gasteiger partial charge in [0.25, 0.3) is 0 Å². The molecule has 19 heavy (non-hydrogen) atoms. The molecule has 0 fully saturated rings. The highest BCUT2D eigenvalue weighted by Gasteiger charge is 2.00. The zero-order valence-electron chi connectivity index (χ0n) is 10.6. The summed E-state index contributed by atoms with van der Waals surface area (Å²) in [5.41, 5.74) is 2.20. The third-order valence-corrected chi connectivity index (χ3v) is 3.84. The molecule has 2 aromatic carbocycles. The van der Waals surface area contributed by atoms with Gasteiger partial charge in [-0.2, -0.15) is 0 Å². The van der Waals surface area contributed by atoms with Crippen LogP contribution in [-0.4, -0.2) is 6.61 Å². The van der Waals surface area contributed by atoms with Crippen molar-refractivity contribution in [3.63, 3.8) is 0 Å². The van der Waals surface area contributed by atoms with Crippen molar-refractivity contribution < 1.29 is 4.74 Å². The van der Waals surface area contributed by atoms with Gasteiger partial charge < -0.3 is 10.1 Å². The second kappa shape index (κ2) is 6.83. The van der Waals surface area contributed by atoms with Crippen LogP contribution in [0.5, 0.6) is 5.75 Å². The Balaban J connectivity index is 2.01. The normalized spacial score (nSPS) is 10.3. The smallest absolute Gasteiger partial charge is 0.119 e. The summed E-state index contributed by atoms with van der Waals surface area (Å²) in [5.74, 6) is 0.902. The summed E-state index contributed by atoms with van der Waals surface area (Å²) >= 11 is 9.37. The number of benzene rings is 2. The van der Waals surface area contributed by atoms with Crippen LogP contribution in [0.4, 0.5) is 5.69 Å². The number of hydrogen-bond donors (Lipinski definition) is 1. The van der Waals surface area contributed by atoms with Crippen molar-refractivity contribution in [2.24, 2.45) is 0 Å². The Morgan fingerprint density at radius 2 is 2.05 bits per heavy atom. The molecule has 0 aliphatic carbocycles. The molecular formula is C15H15BrClNO. The second-order valence-corrected chi connectivity index (χ2v) is 5.32. The number of rotatable bonds is 5. The van der Waals surface area contributed by atoms with E-state index in [1.165, 1.54) is 5.56 Å². The zero-order chi connectivity index (χ0) is 13.7. The van der Waals surface area contributed by atoms with Gasteiger partial charge in [0.1, 0.15) is 5.75 Å². The van der Waals surface area contributed by atoms with E-state index in [1.54, 1.807) is 0 Å². The Morgan fingerprint density at radius 3 is 2.79 bits per heavy atom. The van der Waals surface area contributed by atoms with Crippen LogP contribution >= 0.6 is 27.5 Å². The standard InChI is InChI=1S/C15H15BrClNO/c1-2-19-13-5-3-4-11(8-13)10-18-12-6-7-15(17)14(16)9-12/h3-9,18H,2,10H2,1H3. The molecule has 0 saturated heterocycles. The van der Waals surface area contributed by atoms with Crippen molar-refractivity contribution in [3.8, 4) is 5.75 Å². The molecule has 0 bridgehead atoms. The zero-order valence-corrected chi connectivity index (χ0v) is 13.0. The highest BCUT2D eigenvalue weighted by molar-refractivity contribution is 9.10. The average Bonchev–Trinajstić information content (AvgIpc) is 2.41. The largest absolute Gasteiger partial charge is 0.494 e. The molecule has 0 amide bonds. The quantitative estimate of drug-likeness (QED) is 0.816. The maximum atomic E-state index is 5.96. The maximum Gasteiger partial charge on any atom is 0.119 e. The highest BCUT2D eigenvalue weighted by atomic mass is 79.9. The number of hydrogen-bond acceptors (Lipinski definition) is 2. The Hall–Kier alpha value is -1.19. The molecule has 0 aliphatic rings. The van der Waals surface area contributed by atoms with E-state index < -0.39 is 0 Å². The number of ether oxygens (including phenoxy) is 1. The predicted molar refractivity (Wildman–Crippen MR) is 84.1 cm³/mol. The highest BCUT2D eigenvalue weighted by Crippen LogP contribution is 2.26. The van der Waals surface area contributed by atoms with E-state index in [1.807, 2.05) is 43.3 Å². The van der Waals surface area contributed by atoms with Gasteiger partial charge in [-0.25, -0.2) is 0 Å². The lowest BCUT2D eigenvalue weighted by atomic mass is 10.2. The summed E-state index contributed by atoms with van der Waals surface area (Å²) in [6.07, 6.45) is 0. The van der Waals surface area contributed by atoms with Crippen molar-refractivity contribution in [2.75, 3.05) is 11.9 Å². The maximum absolute atomic E-state index is 5.96. The molecule has 100 valence electrons. The minimum absolute atomic E-state index is 0.682. The van der Waals surface area contributed by atoms with Gasteiger partial charge in [0, 0.05) is 16.7 Å². The molecule has 0 atom stereocenters. The summed E-state index contributed by atoms with van der Waals surface area (Å²) in [5, 5.41) is 4.07. The molecule has 1 N–H and O–H groups in total. The van der Waals surface area contributed by atoms with Crippen molar-refractivity contribution in [2.45, 2.75) is 13.5 Å². The van der Waals surface area contributed by atoms with Crippen LogP contribution in [0.3, 0.4) is 0 Å². The summed E-state index contributed by atoms with van der Waals surface area (Å²) in [6.45, 7) is 3.41.